The van der Waals surface area contributed by atoms with Crippen LogP contribution in [0, 0.1) is 0 Å². The highest BCUT2D eigenvalue weighted by molar-refractivity contribution is 6.01. The van der Waals surface area contributed by atoms with E-state index in [-0.39, 0.29) is 5.78 Å². The predicted molar refractivity (Wildman–Crippen MR) is 101 cm³/mol. The van der Waals surface area contributed by atoms with Crippen LogP contribution in [0.4, 0.5) is 11.9 Å². The molecule has 3 heterocycles. The highest BCUT2D eigenvalue weighted by atomic mass is 16.1. The van der Waals surface area contributed by atoms with Crippen LogP contribution in [0.15, 0.2) is 41.6 Å². The fraction of sp³-hybridized carbons (Fsp3) is 0.421. The largest absolute Gasteiger partial charge is 0.340 e. The fourth-order valence-electron chi connectivity index (χ4n) is 3.59. The Morgan fingerprint density at radius 3 is 2.62 bits per heavy atom. The first-order chi connectivity index (χ1) is 12.7. The number of nitrogens with zero attached hydrogens (tertiary/aromatic N) is 5. The molecule has 0 saturated carbocycles. The second-order valence-corrected chi connectivity index (χ2v) is 6.72. The van der Waals surface area contributed by atoms with Crippen molar-refractivity contribution in [1.82, 2.24) is 19.7 Å². The monoisotopic (exact) mass is 352 g/mol. The van der Waals surface area contributed by atoms with Crippen LogP contribution in [0.25, 0.3) is 0 Å². The van der Waals surface area contributed by atoms with Crippen molar-refractivity contribution in [3.8, 4) is 0 Å². The number of anilines is 2. The van der Waals surface area contributed by atoms with Gasteiger partial charge in [0.2, 0.25) is 11.9 Å². The molecule has 1 N–H and O–H groups in total. The molecule has 0 atom stereocenters. The zero-order valence-corrected chi connectivity index (χ0v) is 15.3. The Balaban J connectivity index is 1.53. The van der Waals surface area contributed by atoms with Crippen LogP contribution in [-0.4, -0.2) is 51.6 Å². The van der Waals surface area contributed by atoms with Crippen LogP contribution < -0.4 is 10.2 Å². The molecule has 0 amide bonds. The Morgan fingerprint density at radius 1 is 1.12 bits per heavy atom. The Morgan fingerprint density at radius 2 is 1.88 bits per heavy atom. The summed E-state index contributed by atoms with van der Waals surface area (Å²) in [5.74, 6) is 1.50. The minimum absolute atomic E-state index is 0.126. The highest BCUT2D eigenvalue weighted by Crippen LogP contribution is 2.27. The molecule has 7 nitrogen and oxygen atoms in total. The van der Waals surface area contributed by atoms with Crippen molar-refractivity contribution >= 4 is 17.7 Å². The van der Waals surface area contributed by atoms with Crippen LogP contribution in [0.3, 0.4) is 0 Å². The molecule has 4 rings (SSSR count). The molecular formula is C19H24N6O. The highest BCUT2D eigenvalue weighted by Gasteiger charge is 2.31. The van der Waals surface area contributed by atoms with Crippen LogP contribution in [0.1, 0.15) is 19.4 Å². The minimum atomic E-state index is 0.126. The molecule has 7 heteroatoms. The van der Waals surface area contributed by atoms with Crippen LogP contribution in [0.2, 0.25) is 0 Å². The third-order valence-corrected chi connectivity index (χ3v) is 4.95. The quantitative estimate of drug-likeness (QED) is 0.886. The second-order valence-electron chi connectivity index (χ2n) is 6.72. The number of hydrogen-bond donors (Lipinski definition) is 1. The van der Waals surface area contributed by atoms with Gasteiger partial charge in [-0.2, -0.15) is 4.98 Å². The molecule has 2 aliphatic rings. The first-order valence-corrected chi connectivity index (χ1v) is 9.16. The number of carbonyl (C=O) groups excluding carboxylic acids is 1. The Kier molecular flexibility index (Phi) is 4.46. The number of ketones is 1. The number of aromatic nitrogens is 3. The normalized spacial score (nSPS) is 16.9. The van der Waals surface area contributed by atoms with Gasteiger partial charge in [0.1, 0.15) is 0 Å². The summed E-state index contributed by atoms with van der Waals surface area (Å²) in [5.41, 5.74) is 3.01. The maximum atomic E-state index is 12.7. The Labute approximate surface area is 153 Å². The average Bonchev–Trinajstić information content (AvgIpc) is 3.05. The van der Waals surface area contributed by atoms with Gasteiger partial charge >= 0.3 is 0 Å². The van der Waals surface area contributed by atoms with Crippen molar-refractivity contribution < 1.29 is 4.79 Å². The zero-order valence-electron chi connectivity index (χ0n) is 15.3. The van der Waals surface area contributed by atoms with Gasteiger partial charge in [-0.15, -0.1) is 5.10 Å². The topological polar surface area (TPSA) is 66.3 Å². The first-order valence-electron chi connectivity index (χ1n) is 9.16. The van der Waals surface area contributed by atoms with Crippen LogP contribution >= 0.6 is 0 Å². The second kappa shape index (κ2) is 6.92. The summed E-state index contributed by atoms with van der Waals surface area (Å²) in [5, 5.41) is 7.85. The summed E-state index contributed by atoms with van der Waals surface area (Å²) >= 11 is 0. The van der Waals surface area contributed by atoms with E-state index in [1.54, 1.807) is 0 Å². The van der Waals surface area contributed by atoms with Gasteiger partial charge < -0.3 is 10.2 Å². The van der Waals surface area contributed by atoms with E-state index < -0.39 is 0 Å². The Hall–Kier alpha value is -2.67. The van der Waals surface area contributed by atoms with Gasteiger partial charge in [-0.3, -0.25) is 9.69 Å². The van der Waals surface area contributed by atoms with E-state index in [2.05, 4.69) is 51.2 Å². The maximum absolute atomic E-state index is 12.7. The van der Waals surface area contributed by atoms with E-state index in [9.17, 15) is 4.79 Å². The lowest BCUT2D eigenvalue weighted by Gasteiger charge is -2.32. The van der Waals surface area contributed by atoms with Crippen molar-refractivity contribution in [3.05, 3.63) is 47.2 Å². The summed E-state index contributed by atoms with van der Waals surface area (Å²) < 4.78 is 1.87. The number of fused-ring (bicyclic) bond motifs is 1. The van der Waals surface area contributed by atoms with E-state index in [1.165, 1.54) is 5.56 Å². The molecule has 0 saturated heterocycles. The smallest absolute Gasteiger partial charge is 0.246 e. The lowest BCUT2D eigenvalue weighted by atomic mass is 10.0. The standard InChI is InChI=1S/C19H24N6O/c1-3-24(4-2)19-21-18-20-17-15(12-25(18)22-19)11-23(13-16(17)26)10-14-8-6-5-7-9-14/h5-9H,3-4,10-13H2,1-2H3,(H,20,21,22). The molecule has 26 heavy (non-hydrogen) atoms. The van der Waals surface area contributed by atoms with Gasteiger partial charge in [-0.05, 0) is 25.0 Å². The van der Waals surface area contributed by atoms with Gasteiger partial charge in [-0.25, -0.2) is 4.68 Å². The van der Waals surface area contributed by atoms with Crippen LogP contribution in [-0.2, 0) is 17.9 Å². The number of Topliss-reactive ketones (excluding diaryl/α,β-unsaturated/α-hetero) is 1. The van der Waals surface area contributed by atoms with E-state index in [1.807, 2.05) is 22.9 Å². The molecule has 0 radical (unpaired) electrons. The third-order valence-electron chi connectivity index (χ3n) is 4.95. The van der Waals surface area contributed by atoms with E-state index in [0.717, 1.165) is 31.8 Å². The number of nitrogens with one attached hydrogen (secondary N) is 1. The van der Waals surface area contributed by atoms with E-state index >= 15 is 0 Å². The number of carbonyl (C=O) groups is 1. The van der Waals surface area contributed by atoms with Gasteiger partial charge in [-0.1, -0.05) is 30.3 Å². The molecular weight excluding hydrogens is 328 g/mol. The van der Waals surface area contributed by atoms with Crippen molar-refractivity contribution in [2.75, 3.05) is 36.4 Å². The van der Waals surface area contributed by atoms with Crippen molar-refractivity contribution in [2.24, 2.45) is 0 Å². The number of rotatable bonds is 5. The lowest BCUT2D eigenvalue weighted by Crippen LogP contribution is -2.42. The first kappa shape index (κ1) is 16.8. The summed E-state index contributed by atoms with van der Waals surface area (Å²) in [6.45, 7) is 8.48. The third kappa shape index (κ3) is 3.10. The van der Waals surface area contributed by atoms with Crippen molar-refractivity contribution in [2.45, 2.75) is 26.9 Å². The van der Waals surface area contributed by atoms with Gasteiger partial charge in [0.15, 0.2) is 5.78 Å². The van der Waals surface area contributed by atoms with Gasteiger partial charge in [0.25, 0.3) is 0 Å². The molecule has 136 valence electrons. The fourth-order valence-corrected chi connectivity index (χ4v) is 3.59. The molecule has 0 fully saturated rings. The average molecular weight is 352 g/mol. The summed E-state index contributed by atoms with van der Waals surface area (Å²) in [7, 11) is 0. The molecule has 0 aliphatic carbocycles. The molecule has 0 unspecified atom stereocenters. The molecule has 1 aromatic carbocycles. The summed E-state index contributed by atoms with van der Waals surface area (Å²) in [6, 6.07) is 10.3. The van der Waals surface area contributed by atoms with Gasteiger partial charge in [0, 0.05) is 26.2 Å². The molecule has 1 aromatic heterocycles. The predicted octanol–water partition coefficient (Wildman–Crippen LogP) is 1.89. The number of hydrogen-bond acceptors (Lipinski definition) is 6. The maximum Gasteiger partial charge on any atom is 0.246 e. The van der Waals surface area contributed by atoms with E-state index in [0.29, 0.717) is 30.7 Å². The molecule has 2 aliphatic heterocycles. The SMILES string of the molecule is CCN(CC)c1nc2n(n1)CC1=C(N2)C(=O)CN(Cc2ccccc2)C1. The summed E-state index contributed by atoms with van der Waals surface area (Å²) in [6.07, 6.45) is 0. The van der Waals surface area contributed by atoms with Gasteiger partial charge in [0.05, 0.1) is 18.8 Å². The Bertz CT molecular complexity index is 837. The lowest BCUT2D eigenvalue weighted by molar-refractivity contribution is -0.117. The summed E-state index contributed by atoms with van der Waals surface area (Å²) in [4.78, 5) is 21.5. The minimum Gasteiger partial charge on any atom is -0.340 e. The molecule has 0 spiro atoms. The van der Waals surface area contributed by atoms with Crippen molar-refractivity contribution in [3.63, 3.8) is 0 Å². The number of benzene rings is 1. The molecule has 2 aromatic rings. The molecule has 0 bridgehead atoms. The van der Waals surface area contributed by atoms with Crippen molar-refractivity contribution in [1.29, 1.82) is 0 Å². The van der Waals surface area contributed by atoms with Crippen LogP contribution in [0.5, 0.6) is 0 Å². The van der Waals surface area contributed by atoms with E-state index in [4.69, 9.17) is 0 Å². The zero-order chi connectivity index (χ0) is 18.1.